The van der Waals surface area contributed by atoms with Crippen LogP contribution in [0.2, 0.25) is 0 Å². The number of rotatable bonds is 5. The van der Waals surface area contributed by atoms with Gasteiger partial charge in [-0.1, -0.05) is 31.0 Å². The predicted molar refractivity (Wildman–Crippen MR) is 121 cm³/mol. The summed E-state index contributed by atoms with van der Waals surface area (Å²) < 4.78 is 26.1. The summed E-state index contributed by atoms with van der Waals surface area (Å²) in [6.07, 6.45) is 4.55. The Bertz CT molecular complexity index is 1050. The number of benzene rings is 2. The van der Waals surface area contributed by atoms with Crippen molar-refractivity contribution in [2.75, 3.05) is 23.3 Å². The van der Waals surface area contributed by atoms with Crippen LogP contribution in [0.3, 0.4) is 0 Å². The number of hydrogen-bond acceptors (Lipinski definition) is 4. The number of carbonyl (C=O) groups is 1. The molecule has 0 radical (unpaired) electrons. The molecule has 0 aromatic heterocycles. The number of nitrogens with zero attached hydrogens (tertiary/aromatic N) is 1. The fourth-order valence-electron chi connectivity index (χ4n) is 4.77. The molecular formula is C24H30N2O3S. The minimum Gasteiger partial charge on any atom is -0.371 e. The quantitative estimate of drug-likeness (QED) is 0.757. The van der Waals surface area contributed by atoms with Crippen molar-refractivity contribution >= 4 is 27.1 Å². The number of hydrogen-bond donors (Lipinski definition) is 1. The van der Waals surface area contributed by atoms with Gasteiger partial charge in [-0.15, -0.1) is 0 Å². The fourth-order valence-corrected chi connectivity index (χ4v) is 7.15. The van der Waals surface area contributed by atoms with Crippen LogP contribution >= 0.6 is 0 Å². The largest absolute Gasteiger partial charge is 0.371 e. The molecule has 6 heteroatoms. The number of amides is 1. The molecule has 4 rings (SSSR count). The third-order valence-electron chi connectivity index (χ3n) is 6.55. The van der Waals surface area contributed by atoms with Crippen LogP contribution in [0, 0.1) is 13.8 Å². The average molecular weight is 427 g/mol. The van der Waals surface area contributed by atoms with Crippen LogP contribution in [0.4, 0.5) is 11.4 Å². The maximum atomic E-state index is 13.8. The van der Waals surface area contributed by atoms with E-state index in [9.17, 15) is 13.2 Å². The van der Waals surface area contributed by atoms with Crippen molar-refractivity contribution in [3.05, 3.63) is 53.6 Å². The molecule has 5 nitrogen and oxygen atoms in total. The Labute approximate surface area is 179 Å². The van der Waals surface area contributed by atoms with E-state index in [2.05, 4.69) is 10.2 Å². The van der Waals surface area contributed by atoms with Crippen molar-refractivity contribution in [3.8, 4) is 0 Å². The number of aryl methyl sites for hydroxylation is 2. The molecule has 1 aliphatic heterocycles. The second kappa shape index (κ2) is 8.06. The van der Waals surface area contributed by atoms with Crippen LogP contribution in [0.1, 0.15) is 49.7 Å². The molecular weight excluding hydrogens is 396 g/mol. The second-order valence-electron chi connectivity index (χ2n) is 8.67. The standard InChI is InChI=1S/C24H30N2O3S/c1-18-10-11-19(2)22(16-18)30(28,29)24(12-3-4-13-24)23(27)25-20-8-7-9-21(17-20)26-14-5-6-15-26/h7-11,16-17H,3-6,12-15H2,1-2H3,(H,25,27). The van der Waals surface area contributed by atoms with Crippen LogP contribution < -0.4 is 10.2 Å². The lowest BCUT2D eigenvalue weighted by Crippen LogP contribution is -2.47. The minimum absolute atomic E-state index is 0.283. The molecule has 1 saturated carbocycles. The topological polar surface area (TPSA) is 66.5 Å². The number of anilines is 2. The van der Waals surface area contributed by atoms with Crippen molar-refractivity contribution in [2.24, 2.45) is 0 Å². The van der Waals surface area contributed by atoms with Crippen LogP contribution in [0.15, 0.2) is 47.4 Å². The Morgan fingerprint density at radius 3 is 2.37 bits per heavy atom. The summed E-state index contributed by atoms with van der Waals surface area (Å²) >= 11 is 0. The van der Waals surface area contributed by atoms with E-state index in [0.29, 0.717) is 24.1 Å². The summed E-state index contributed by atoms with van der Waals surface area (Å²) in [5.74, 6) is -0.403. The van der Waals surface area contributed by atoms with E-state index >= 15 is 0 Å². The zero-order valence-corrected chi connectivity index (χ0v) is 18.6. The lowest BCUT2D eigenvalue weighted by molar-refractivity contribution is -0.118. The Morgan fingerprint density at radius 2 is 1.67 bits per heavy atom. The molecule has 2 aromatic carbocycles. The molecule has 2 fully saturated rings. The van der Waals surface area contributed by atoms with Gasteiger partial charge in [-0.25, -0.2) is 8.42 Å². The molecule has 0 unspecified atom stereocenters. The summed E-state index contributed by atoms with van der Waals surface area (Å²) in [7, 11) is -3.82. The van der Waals surface area contributed by atoms with Gasteiger partial charge in [0.15, 0.2) is 14.6 Å². The van der Waals surface area contributed by atoms with E-state index in [0.717, 1.165) is 37.2 Å². The molecule has 1 aliphatic carbocycles. The van der Waals surface area contributed by atoms with Gasteiger partial charge in [0.05, 0.1) is 4.90 Å². The lowest BCUT2D eigenvalue weighted by atomic mass is 10.1. The molecule has 0 bridgehead atoms. The van der Waals surface area contributed by atoms with Crippen LogP contribution in [0.25, 0.3) is 0 Å². The first kappa shape index (κ1) is 20.9. The third-order valence-corrected chi connectivity index (χ3v) is 9.19. The van der Waals surface area contributed by atoms with Gasteiger partial charge >= 0.3 is 0 Å². The smallest absolute Gasteiger partial charge is 0.246 e. The first-order chi connectivity index (χ1) is 14.3. The lowest BCUT2D eigenvalue weighted by Gasteiger charge is -2.29. The SMILES string of the molecule is Cc1ccc(C)c(S(=O)(=O)C2(C(=O)Nc3cccc(N4CCCC4)c3)CCCC2)c1. The Balaban J connectivity index is 1.66. The van der Waals surface area contributed by atoms with Gasteiger partial charge in [0.1, 0.15) is 0 Å². The summed E-state index contributed by atoms with van der Waals surface area (Å²) in [4.78, 5) is 16.1. The molecule has 1 saturated heterocycles. The Kier molecular flexibility index (Phi) is 5.62. The predicted octanol–water partition coefficient (Wildman–Crippen LogP) is 4.63. The van der Waals surface area contributed by atoms with Crippen LogP contribution in [-0.4, -0.2) is 32.2 Å². The van der Waals surface area contributed by atoms with Gasteiger partial charge < -0.3 is 10.2 Å². The molecule has 1 N–H and O–H groups in total. The first-order valence-electron chi connectivity index (χ1n) is 10.8. The van der Waals surface area contributed by atoms with E-state index < -0.39 is 20.5 Å². The van der Waals surface area contributed by atoms with Gasteiger partial charge in [-0.2, -0.15) is 0 Å². The van der Waals surface area contributed by atoms with E-state index in [1.54, 1.807) is 13.0 Å². The highest BCUT2D eigenvalue weighted by atomic mass is 32.2. The zero-order chi connectivity index (χ0) is 21.4. The van der Waals surface area contributed by atoms with Gasteiger partial charge in [-0.3, -0.25) is 4.79 Å². The average Bonchev–Trinajstić information content (AvgIpc) is 3.43. The van der Waals surface area contributed by atoms with Gasteiger partial charge in [0.25, 0.3) is 0 Å². The molecule has 1 heterocycles. The second-order valence-corrected chi connectivity index (χ2v) is 10.9. The molecule has 30 heavy (non-hydrogen) atoms. The van der Waals surface area contributed by atoms with E-state index in [-0.39, 0.29) is 4.90 Å². The monoisotopic (exact) mass is 426 g/mol. The van der Waals surface area contributed by atoms with Crippen molar-refractivity contribution in [1.29, 1.82) is 0 Å². The fraction of sp³-hybridized carbons (Fsp3) is 0.458. The molecule has 2 aliphatic rings. The highest BCUT2D eigenvalue weighted by molar-refractivity contribution is 7.93. The minimum atomic E-state index is -3.82. The Hall–Kier alpha value is -2.34. The first-order valence-corrected chi connectivity index (χ1v) is 12.3. The van der Waals surface area contributed by atoms with Crippen molar-refractivity contribution < 1.29 is 13.2 Å². The molecule has 0 spiro atoms. The molecule has 1 amide bonds. The van der Waals surface area contributed by atoms with Crippen molar-refractivity contribution in [1.82, 2.24) is 0 Å². The van der Waals surface area contributed by atoms with Crippen LogP contribution in [0.5, 0.6) is 0 Å². The highest BCUT2D eigenvalue weighted by Gasteiger charge is 2.53. The summed E-state index contributed by atoms with van der Waals surface area (Å²) in [6.45, 7) is 5.71. The van der Waals surface area contributed by atoms with Gasteiger partial charge in [-0.05, 0) is 74.9 Å². The molecule has 2 aromatic rings. The highest BCUT2D eigenvalue weighted by Crippen LogP contribution is 2.42. The third kappa shape index (κ3) is 3.62. The van der Waals surface area contributed by atoms with Crippen LogP contribution in [-0.2, 0) is 14.6 Å². The molecule has 160 valence electrons. The summed E-state index contributed by atoms with van der Waals surface area (Å²) in [6, 6.07) is 13.2. The van der Waals surface area contributed by atoms with E-state index in [1.807, 2.05) is 43.3 Å². The normalized spacial score (nSPS) is 18.5. The summed E-state index contributed by atoms with van der Waals surface area (Å²) in [5, 5.41) is 2.95. The van der Waals surface area contributed by atoms with E-state index in [4.69, 9.17) is 0 Å². The molecule has 0 atom stereocenters. The van der Waals surface area contributed by atoms with E-state index in [1.165, 1.54) is 12.8 Å². The van der Waals surface area contributed by atoms with Gasteiger partial charge in [0, 0.05) is 24.5 Å². The van der Waals surface area contributed by atoms with Crippen molar-refractivity contribution in [3.63, 3.8) is 0 Å². The maximum absolute atomic E-state index is 13.8. The Morgan fingerprint density at radius 1 is 0.967 bits per heavy atom. The number of nitrogens with one attached hydrogen (secondary N) is 1. The maximum Gasteiger partial charge on any atom is 0.246 e. The number of sulfone groups is 1. The zero-order valence-electron chi connectivity index (χ0n) is 17.8. The van der Waals surface area contributed by atoms with Crippen molar-refractivity contribution in [2.45, 2.75) is 62.0 Å². The number of carbonyl (C=O) groups excluding carboxylic acids is 1. The van der Waals surface area contributed by atoms with Gasteiger partial charge in [0.2, 0.25) is 5.91 Å². The summed E-state index contributed by atoms with van der Waals surface area (Å²) in [5.41, 5.74) is 3.30.